The first-order valence-electron chi connectivity index (χ1n) is 5.95. The van der Waals surface area contributed by atoms with Gasteiger partial charge in [0.15, 0.2) is 0 Å². The number of hydrogen-bond donors (Lipinski definition) is 1. The van der Waals surface area contributed by atoms with E-state index in [9.17, 15) is 4.39 Å². The molecule has 1 fully saturated rings. The predicted octanol–water partition coefficient (Wildman–Crippen LogP) is 2.65. The summed E-state index contributed by atoms with van der Waals surface area (Å²) in [5.41, 5.74) is 6.42. The lowest BCUT2D eigenvalue weighted by Gasteiger charge is -2.10. The third kappa shape index (κ3) is 3.20. The number of rotatable bonds is 6. The number of unbranched alkanes of at least 4 members (excludes halogenated alkanes) is 1. The Morgan fingerprint density at radius 3 is 2.81 bits per heavy atom. The molecule has 2 nitrogen and oxygen atoms in total. The molecule has 88 valence electrons. The van der Waals surface area contributed by atoms with Crippen LogP contribution in [0.2, 0.25) is 0 Å². The fourth-order valence-electron chi connectivity index (χ4n) is 1.68. The zero-order chi connectivity index (χ0) is 11.4. The molecule has 0 atom stereocenters. The van der Waals surface area contributed by atoms with Gasteiger partial charge in [-0.3, -0.25) is 0 Å². The molecule has 1 saturated carbocycles. The van der Waals surface area contributed by atoms with Crippen LogP contribution in [0.25, 0.3) is 0 Å². The Labute approximate surface area is 95.6 Å². The summed E-state index contributed by atoms with van der Waals surface area (Å²) in [6, 6.07) is 4.78. The van der Waals surface area contributed by atoms with E-state index in [1.807, 2.05) is 0 Å². The van der Waals surface area contributed by atoms with E-state index in [0.717, 1.165) is 43.4 Å². The second kappa shape index (κ2) is 5.30. The van der Waals surface area contributed by atoms with E-state index in [1.165, 1.54) is 6.07 Å². The molecule has 0 aliphatic heterocycles. The van der Waals surface area contributed by atoms with Gasteiger partial charge < -0.3 is 10.5 Å². The van der Waals surface area contributed by atoms with Crippen molar-refractivity contribution in [1.29, 1.82) is 0 Å². The van der Waals surface area contributed by atoms with Gasteiger partial charge in [-0.25, -0.2) is 4.39 Å². The van der Waals surface area contributed by atoms with Crippen LogP contribution in [0.5, 0.6) is 5.75 Å². The van der Waals surface area contributed by atoms with Gasteiger partial charge in [0.1, 0.15) is 11.6 Å². The highest BCUT2D eigenvalue weighted by molar-refractivity contribution is 5.34. The van der Waals surface area contributed by atoms with Crippen LogP contribution in [-0.4, -0.2) is 12.6 Å². The van der Waals surface area contributed by atoms with E-state index in [2.05, 4.69) is 0 Å². The Kier molecular flexibility index (Phi) is 3.78. The van der Waals surface area contributed by atoms with Crippen LogP contribution >= 0.6 is 0 Å². The van der Waals surface area contributed by atoms with Crippen LogP contribution in [0.4, 0.5) is 4.39 Å². The minimum absolute atomic E-state index is 0.189. The summed E-state index contributed by atoms with van der Waals surface area (Å²) >= 11 is 0. The Hall–Kier alpha value is -1.09. The molecule has 0 aromatic heterocycles. The molecule has 0 radical (unpaired) electrons. The fourth-order valence-corrected chi connectivity index (χ4v) is 1.68. The normalized spacial score (nSPS) is 15.1. The summed E-state index contributed by atoms with van der Waals surface area (Å²) in [5, 5.41) is 0. The van der Waals surface area contributed by atoms with Crippen molar-refractivity contribution in [3.63, 3.8) is 0 Å². The molecular formula is C13H18FNO. The van der Waals surface area contributed by atoms with Crippen molar-refractivity contribution < 1.29 is 9.13 Å². The summed E-state index contributed by atoms with van der Waals surface area (Å²) in [7, 11) is 0. The molecule has 0 unspecified atom stereocenters. The first-order valence-corrected chi connectivity index (χ1v) is 5.95. The largest absolute Gasteiger partial charge is 0.490 e. The molecule has 2 N–H and O–H groups in total. The van der Waals surface area contributed by atoms with Gasteiger partial charge in [0.05, 0.1) is 6.10 Å². The van der Waals surface area contributed by atoms with Gasteiger partial charge in [0.25, 0.3) is 0 Å². The highest BCUT2D eigenvalue weighted by Crippen LogP contribution is 2.30. The lowest BCUT2D eigenvalue weighted by Crippen LogP contribution is -2.02. The molecular weight excluding hydrogens is 205 g/mol. The molecule has 1 aromatic carbocycles. The summed E-state index contributed by atoms with van der Waals surface area (Å²) in [6.07, 6.45) is 5.41. The standard InChI is InChI=1S/C13H18FNO/c14-11-4-7-13(16-12-5-6-12)10(9-11)3-1-2-8-15/h4,7,9,12H,1-3,5-6,8,15H2. The Balaban J connectivity index is 2.02. The topological polar surface area (TPSA) is 35.2 Å². The Morgan fingerprint density at radius 2 is 2.12 bits per heavy atom. The molecule has 0 heterocycles. The number of aryl methyl sites for hydroxylation is 1. The third-order valence-electron chi connectivity index (χ3n) is 2.74. The van der Waals surface area contributed by atoms with Crippen LogP contribution < -0.4 is 10.5 Å². The van der Waals surface area contributed by atoms with E-state index < -0.39 is 0 Å². The second-order valence-corrected chi connectivity index (χ2v) is 4.32. The van der Waals surface area contributed by atoms with Crippen molar-refractivity contribution >= 4 is 0 Å². The minimum Gasteiger partial charge on any atom is -0.490 e. The smallest absolute Gasteiger partial charge is 0.123 e. The van der Waals surface area contributed by atoms with Crippen molar-refractivity contribution in [2.24, 2.45) is 5.73 Å². The van der Waals surface area contributed by atoms with Crippen molar-refractivity contribution in [1.82, 2.24) is 0 Å². The van der Waals surface area contributed by atoms with Crippen molar-refractivity contribution in [3.05, 3.63) is 29.6 Å². The Morgan fingerprint density at radius 1 is 1.31 bits per heavy atom. The molecule has 1 aliphatic carbocycles. The highest BCUT2D eigenvalue weighted by Gasteiger charge is 2.24. The fraction of sp³-hybridized carbons (Fsp3) is 0.538. The van der Waals surface area contributed by atoms with Crippen LogP contribution in [0.1, 0.15) is 31.2 Å². The highest BCUT2D eigenvalue weighted by atomic mass is 19.1. The molecule has 16 heavy (non-hydrogen) atoms. The average molecular weight is 223 g/mol. The van der Waals surface area contributed by atoms with Crippen LogP contribution in [-0.2, 0) is 6.42 Å². The van der Waals surface area contributed by atoms with E-state index in [4.69, 9.17) is 10.5 Å². The monoisotopic (exact) mass is 223 g/mol. The maximum Gasteiger partial charge on any atom is 0.123 e. The summed E-state index contributed by atoms with van der Waals surface area (Å²) < 4.78 is 18.9. The number of benzene rings is 1. The van der Waals surface area contributed by atoms with Crippen molar-refractivity contribution in [2.45, 2.75) is 38.2 Å². The molecule has 3 heteroatoms. The van der Waals surface area contributed by atoms with Gasteiger partial charge in [-0.05, 0) is 62.4 Å². The van der Waals surface area contributed by atoms with Crippen molar-refractivity contribution in [2.75, 3.05) is 6.54 Å². The molecule has 0 saturated heterocycles. The number of halogens is 1. The van der Waals surface area contributed by atoms with Crippen LogP contribution in [0, 0.1) is 5.82 Å². The maximum atomic E-state index is 13.1. The van der Waals surface area contributed by atoms with Gasteiger partial charge in [-0.2, -0.15) is 0 Å². The number of nitrogens with two attached hydrogens (primary N) is 1. The summed E-state index contributed by atoms with van der Waals surface area (Å²) in [6.45, 7) is 0.689. The van der Waals surface area contributed by atoms with E-state index in [-0.39, 0.29) is 5.82 Å². The molecule has 0 bridgehead atoms. The van der Waals surface area contributed by atoms with Gasteiger partial charge in [-0.15, -0.1) is 0 Å². The molecule has 1 aromatic rings. The zero-order valence-electron chi connectivity index (χ0n) is 9.42. The second-order valence-electron chi connectivity index (χ2n) is 4.32. The summed E-state index contributed by atoms with van der Waals surface area (Å²) in [4.78, 5) is 0. The lowest BCUT2D eigenvalue weighted by molar-refractivity contribution is 0.299. The average Bonchev–Trinajstić information content (AvgIpc) is 3.06. The first kappa shape index (κ1) is 11.4. The van der Waals surface area contributed by atoms with Crippen LogP contribution in [0.15, 0.2) is 18.2 Å². The third-order valence-corrected chi connectivity index (χ3v) is 2.74. The number of ether oxygens (including phenoxy) is 1. The maximum absolute atomic E-state index is 13.1. The summed E-state index contributed by atoms with van der Waals surface area (Å²) in [5.74, 6) is 0.659. The van der Waals surface area contributed by atoms with E-state index >= 15 is 0 Å². The Bertz CT molecular complexity index is 350. The van der Waals surface area contributed by atoms with E-state index in [1.54, 1.807) is 12.1 Å². The SMILES string of the molecule is NCCCCc1cc(F)ccc1OC1CC1. The molecule has 0 amide bonds. The minimum atomic E-state index is -0.189. The zero-order valence-corrected chi connectivity index (χ0v) is 9.42. The van der Waals surface area contributed by atoms with Gasteiger partial charge in [0, 0.05) is 0 Å². The van der Waals surface area contributed by atoms with Gasteiger partial charge in [0.2, 0.25) is 0 Å². The van der Waals surface area contributed by atoms with Crippen LogP contribution in [0.3, 0.4) is 0 Å². The molecule has 0 spiro atoms. The van der Waals surface area contributed by atoms with Gasteiger partial charge in [-0.1, -0.05) is 0 Å². The molecule has 2 rings (SSSR count). The quantitative estimate of drug-likeness (QED) is 0.752. The molecule has 1 aliphatic rings. The lowest BCUT2D eigenvalue weighted by atomic mass is 10.1. The van der Waals surface area contributed by atoms with Gasteiger partial charge >= 0.3 is 0 Å². The van der Waals surface area contributed by atoms with E-state index in [0.29, 0.717) is 12.6 Å². The first-order chi connectivity index (χ1) is 7.79. The number of hydrogen-bond acceptors (Lipinski definition) is 2. The van der Waals surface area contributed by atoms with Crippen molar-refractivity contribution in [3.8, 4) is 5.75 Å². The predicted molar refractivity (Wildman–Crippen MR) is 62.0 cm³/mol.